The van der Waals surface area contributed by atoms with Crippen molar-refractivity contribution in [2.24, 2.45) is 7.05 Å². The van der Waals surface area contributed by atoms with Gasteiger partial charge < -0.3 is 9.47 Å². The van der Waals surface area contributed by atoms with Crippen LogP contribution in [0.5, 0.6) is 0 Å². The summed E-state index contributed by atoms with van der Waals surface area (Å²) in [7, 11) is 1.95. The van der Waals surface area contributed by atoms with Gasteiger partial charge in [-0.3, -0.25) is 9.69 Å². The van der Waals surface area contributed by atoms with E-state index in [1.165, 1.54) is 17.3 Å². The summed E-state index contributed by atoms with van der Waals surface area (Å²) in [6.45, 7) is 6.24. The van der Waals surface area contributed by atoms with Gasteiger partial charge in [-0.25, -0.2) is 0 Å². The fraction of sp³-hybridized carbons (Fsp3) is 0.348. The number of carbonyl (C=O) groups excluding carboxylic acids is 1. The summed E-state index contributed by atoms with van der Waals surface area (Å²) in [5.41, 5.74) is 2.34. The topological polar surface area (TPSA) is 54.3 Å². The summed E-state index contributed by atoms with van der Waals surface area (Å²) in [5, 5.41) is 9.20. The summed E-state index contributed by atoms with van der Waals surface area (Å²) >= 11 is 1.48. The molecule has 0 spiro atoms. The maximum Gasteiger partial charge on any atom is 0.235 e. The van der Waals surface area contributed by atoms with E-state index in [9.17, 15) is 4.79 Å². The molecular formula is C23H27N5OS. The Morgan fingerprint density at radius 2 is 1.60 bits per heavy atom. The third-order valence-corrected chi connectivity index (χ3v) is 6.55. The number of benzene rings is 2. The summed E-state index contributed by atoms with van der Waals surface area (Å²) in [5.74, 6) is 0.982. The lowest BCUT2D eigenvalue weighted by Gasteiger charge is -2.35. The number of hydrogen-bond donors (Lipinski definition) is 0. The Labute approximate surface area is 181 Å². The predicted octanol–water partition coefficient (Wildman–Crippen LogP) is 3.31. The molecule has 1 amide bonds. The molecule has 2 heterocycles. The number of thioether (sulfide) groups is 1. The minimum atomic E-state index is -0.197. The van der Waals surface area contributed by atoms with E-state index < -0.39 is 0 Å². The van der Waals surface area contributed by atoms with Crippen LogP contribution in [0.3, 0.4) is 0 Å². The Morgan fingerprint density at radius 1 is 0.967 bits per heavy atom. The van der Waals surface area contributed by atoms with Crippen LogP contribution in [0, 0.1) is 0 Å². The van der Waals surface area contributed by atoms with Gasteiger partial charge in [0.15, 0.2) is 11.0 Å². The van der Waals surface area contributed by atoms with Crippen molar-refractivity contribution in [2.45, 2.75) is 23.9 Å². The summed E-state index contributed by atoms with van der Waals surface area (Å²) in [4.78, 5) is 17.4. The number of hydrogen-bond acceptors (Lipinski definition) is 5. The zero-order valence-electron chi connectivity index (χ0n) is 17.4. The van der Waals surface area contributed by atoms with Gasteiger partial charge in [0, 0.05) is 45.3 Å². The van der Waals surface area contributed by atoms with Crippen LogP contribution in [0.25, 0.3) is 11.4 Å². The fourth-order valence-electron chi connectivity index (χ4n) is 3.69. The Kier molecular flexibility index (Phi) is 6.50. The molecule has 1 aromatic heterocycles. The lowest BCUT2D eigenvalue weighted by atomic mass is 10.2. The molecule has 1 saturated heterocycles. The summed E-state index contributed by atoms with van der Waals surface area (Å²) < 4.78 is 1.96. The number of piperazine rings is 1. The first-order chi connectivity index (χ1) is 14.6. The highest BCUT2D eigenvalue weighted by Crippen LogP contribution is 2.26. The average Bonchev–Trinajstić information content (AvgIpc) is 3.15. The van der Waals surface area contributed by atoms with Crippen LogP contribution in [0.1, 0.15) is 12.5 Å². The van der Waals surface area contributed by atoms with Crippen molar-refractivity contribution in [1.82, 2.24) is 24.6 Å². The maximum absolute atomic E-state index is 13.0. The highest BCUT2D eigenvalue weighted by Gasteiger charge is 2.27. The molecule has 0 N–H and O–H groups in total. The smallest absolute Gasteiger partial charge is 0.235 e. The molecule has 30 heavy (non-hydrogen) atoms. The zero-order chi connectivity index (χ0) is 20.9. The molecular weight excluding hydrogens is 394 g/mol. The van der Waals surface area contributed by atoms with Gasteiger partial charge in [-0.2, -0.15) is 0 Å². The quantitative estimate of drug-likeness (QED) is 0.572. The van der Waals surface area contributed by atoms with Gasteiger partial charge in [0.05, 0.1) is 5.25 Å². The molecule has 156 valence electrons. The van der Waals surface area contributed by atoms with E-state index in [1.54, 1.807) is 0 Å². The van der Waals surface area contributed by atoms with Crippen molar-refractivity contribution in [1.29, 1.82) is 0 Å². The van der Waals surface area contributed by atoms with E-state index in [0.717, 1.165) is 49.3 Å². The van der Waals surface area contributed by atoms with E-state index in [4.69, 9.17) is 0 Å². The van der Waals surface area contributed by atoms with E-state index in [2.05, 4.69) is 39.4 Å². The first-order valence-electron chi connectivity index (χ1n) is 10.3. The van der Waals surface area contributed by atoms with Crippen LogP contribution in [0.4, 0.5) is 0 Å². The van der Waals surface area contributed by atoms with Crippen molar-refractivity contribution >= 4 is 17.7 Å². The molecule has 1 fully saturated rings. The third kappa shape index (κ3) is 4.74. The van der Waals surface area contributed by atoms with Crippen LogP contribution in [0.2, 0.25) is 0 Å². The SMILES string of the molecule is C[C@H](Sc1nnc(-c2ccccc2)n1C)C(=O)N1CCN(Cc2ccccc2)CC1. The molecule has 0 bridgehead atoms. The van der Waals surface area contributed by atoms with Crippen LogP contribution in [0.15, 0.2) is 65.8 Å². The third-order valence-electron chi connectivity index (χ3n) is 5.43. The van der Waals surface area contributed by atoms with Gasteiger partial charge in [-0.15, -0.1) is 10.2 Å². The van der Waals surface area contributed by atoms with Crippen LogP contribution in [-0.2, 0) is 18.4 Å². The largest absolute Gasteiger partial charge is 0.339 e. The normalized spacial score (nSPS) is 15.9. The second-order valence-corrected chi connectivity index (χ2v) is 8.89. The standard InChI is InChI=1S/C23H27N5OS/c1-18(30-23-25-24-21(26(23)2)20-11-7-4-8-12-20)22(29)28-15-13-27(14-16-28)17-19-9-5-3-6-10-19/h3-12,18H,13-17H2,1-2H3/t18-/m0/s1. The van der Waals surface area contributed by atoms with E-state index in [1.807, 2.05) is 59.8 Å². The highest BCUT2D eigenvalue weighted by molar-refractivity contribution is 8.00. The maximum atomic E-state index is 13.0. The van der Waals surface area contributed by atoms with Crippen molar-refractivity contribution in [3.05, 3.63) is 66.2 Å². The Morgan fingerprint density at radius 3 is 2.27 bits per heavy atom. The van der Waals surface area contributed by atoms with Crippen LogP contribution >= 0.6 is 11.8 Å². The van der Waals surface area contributed by atoms with Crippen molar-refractivity contribution in [3.63, 3.8) is 0 Å². The molecule has 1 aliphatic heterocycles. The second-order valence-electron chi connectivity index (χ2n) is 7.58. The van der Waals surface area contributed by atoms with E-state index in [0.29, 0.717) is 0 Å². The van der Waals surface area contributed by atoms with Crippen molar-refractivity contribution in [3.8, 4) is 11.4 Å². The van der Waals surface area contributed by atoms with Gasteiger partial charge in [0.2, 0.25) is 5.91 Å². The van der Waals surface area contributed by atoms with E-state index in [-0.39, 0.29) is 11.2 Å². The van der Waals surface area contributed by atoms with Gasteiger partial charge in [0.25, 0.3) is 0 Å². The van der Waals surface area contributed by atoms with Crippen molar-refractivity contribution < 1.29 is 4.79 Å². The molecule has 1 aliphatic rings. The molecule has 0 saturated carbocycles. The monoisotopic (exact) mass is 421 g/mol. The summed E-state index contributed by atoms with van der Waals surface area (Å²) in [6.07, 6.45) is 0. The lowest BCUT2D eigenvalue weighted by Crippen LogP contribution is -2.50. The molecule has 6 nitrogen and oxygen atoms in total. The summed E-state index contributed by atoms with van der Waals surface area (Å²) in [6, 6.07) is 20.5. The van der Waals surface area contributed by atoms with Gasteiger partial charge in [-0.05, 0) is 12.5 Å². The molecule has 0 unspecified atom stereocenters. The first-order valence-corrected chi connectivity index (χ1v) is 11.2. The first kappa shape index (κ1) is 20.6. The molecule has 0 radical (unpaired) electrons. The molecule has 3 aromatic rings. The second kappa shape index (κ2) is 9.45. The molecule has 1 atom stereocenters. The zero-order valence-corrected chi connectivity index (χ0v) is 18.3. The minimum absolute atomic E-state index is 0.170. The number of carbonyl (C=O) groups is 1. The number of aromatic nitrogens is 3. The van der Waals surface area contributed by atoms with Crippen LogP contribution in [-0.4, -0.2) is 61.9 Å². The molecule has 0 aliphatic carbocycles. The Bertz CT molecular complexity index is 968. The highest BCUT2D eigenvalue weighted by atomic mass is 32.2. The molecule has 4 rings (SSSR count). The van der Waals surface area contributed by atoms with Gasteiger partial charge >= 0.3 is 0 Å². The molecule has 2 aromatic carbocycles. The molecule has 7 heteroatoms. The lowest BCUT2D eigenvalue weighted by molar-refractivity contribution is -0.132. The van der Waals surface area contributed by atoms with Gasteiger partial charge in [-0.1, -0.05) is 72.4 Å². The Hall–Kier alpha value is -2.64. The van der Waals surface area contributed by atoms with Crippen molar-refractivity contribution in [2.75, 3.05) is 26.2 Å². The van der Waals surface area contributed by atoms with E-state index >= 15 is 0 Å². The predicted molar refractivity (Wildman–Crippen MR) is 120 cm³/mol. The number of rotatable bonds is 6. The van der Waals surface area contributed by atoms with Crippen LogP contribution < -0.4 is 0 Å². The fourth-order valence-corrected chi connectivity index (χ4v) is 4.59. The number of nitrogens with zero attached hydrogens (tertiary/aromatic N) is 5. The van der Waals surface area contributed by atoms with Gasteiger partial charge in [0.1, 0.15) is 0 Å². The number of amides is 1. The average molecular weight is 422 g/mol. The minimum Gasteiger partial charge on any atom is -0.339 e. The Balaban J connectivity index is 1.32.